The van der Waals surface area contributed by atoms with Crippen LogP contribution in [0.3, 0.4) is 0 Å². The molecule has 0 bridgehead atoms. The number of benzene rings is 1. The van der Waals surface area contributed by atoms with Gasteiger partial charge in [0, 0.05) is 17.4 Å². The van der Waals surface area contributed by atoms with Gasteiger partial charge in [-0.1, -0.05) is 12.1 Å². The summed E-state index contributed by atoms with van der Waals surface area (Å²) in [6.45, 7) is 4.27. The molecule has 1 N–H and O–H groups in total. The molecule has 0 atom stereocenters. The first-order valence-electron chi connectivity index (χ1n) is 7.56. The van der Waals surface area contributed by atoms with Gasteiger partial charge in [0.25, 0.3) is 11.6 Å². The number of para-hydroxylation sites is 1. The van der Waals surface area contributed by atoms with Gasteiger partial charge in [-0.25, -0.2) is 0 Å². The van der Waals surface area contributed by atoms with Crippen LogP contribution in [-0.2, 0) is 17.8 Å². The van der Waals surface area contributed by atoms with Gasteiger partial charge in [0.05, 0.1) is 22.7 Å². The van der Waals surface area contributed by atoms with Crippen molar-refractivity contribution in [2.75, 3.05) is 5.32 Å². The third-order valence-electron chi connectivity index (χ3n) is 3.97. The zero-order chi connectivity index (χ0) is 18.2. The van der Waals surface area contributed by atoms with Crippen LogP contribution >= 0.6 is 11.3 Å². The highest BCUT2D eigenvalue weighted by atomic mass is 32.1. The number of nitro groups is 1. The number of nitrogens with one attached hydrogen (secondary N) is 1. The van der Waals surface area contributed by atoms with E-state index in [0.717, 1.165) is 10.4 Å². The second-order valence-electron chi connectivity index (χ2n) is 6.27. The Labute approximate surface area is 148 Å². The van der Waals surface area contributed by atoms with Crippen LogP contribution < -0.4 is 5.32 Å². The Morgan fingerprint density at radius 1 is 1.44 bits per heavy atom. The van der Waals surface area contributed by atoms with E-state index in [9.17, 15) is 20.2 Å². The number of thiophene rings is 1. The van der Waals surface area contributed by atoms with Crippen LogP contribution in [0.1, 0.15) is 40.2 Å². The number of hydrogen-bond acceptors (Lipinski definition) is 6. The maximum absolute atomic E-state index is 12.5. The molecular formula is C17H15N3O4S. The summed E-state index contributed by atoms with van der Waals surface area (Å²) in [5, 5.41) is 23.7. The second-order valence-corrected chi connectivity index (χ2v) is 7.38. The number of hydrogen-bond donors (Lipinski definition) is 1. The lowest BCUT2D eigenvalue weighted by molar-refractivity contribution is -0.385. The number of anilines is 1. The molecule has 1 aromatic carbocycles. The zero-order valence-electron chi connectivity index (χ0n) is 13.7. The fraction of sp³-hybridized carbons (Fsp3) is 0.294. The molecule has 8 heteroatoms. The summed E-state index contributed by atoms with van der Waals surface area (Å²) in [6.07, 6.45) is 0.573. The van der Waals surface area contributed by atoms with E-state index in [4.69, 9.17) is 4.74 Å². The van der Waals surface area contributed by atoms with Crippen molar-refractivity contribution in [2.45, 2.75) is 32.5 Å². The average Bonchev–Trinajstić information content (AvgIpc) is 2.89. The van der Waals surface area contributed by atoms with Crippen LogP contribution in [0.15, 0.2) is 24.3 Å². The molecular weight excluding hydrogens is 342 g/mol. The van der Waals surface area contributed by atoms with Crippen LogP contribution in [0.25, 0.3) is 0 Å². The minimum Gasteiger partial charge on any atom is -0.370 e. The quantitative estimate of drug-likeness (QED) is 0.667. The van der Waals surface area contributed by atoms with Gasteiger partial charge in [-0.05, 0) is 25.5 Å². The number of rotatable bonds is 3. The summed E-state index contributed by atoms with van der Waals surface area (Å²) >= 11 is 1.28. The number of fused-ring (bicyclic) bond motifs is 1. The summed E-state index contributed by atoms with van der Waals surface area (Å²) < 4.78 is 5.74. The van der Waals surface area contributed by atoms with E-state index < -0.39 is 10.8 Å². The average molecular weight is 357 g/mol. The van der Waals surface area contributed by atoms with Gasteiger partial charge in [-0.15, -0.1) is 11.3 Å². The molecule has 0 spiro atoms. The fourth-order valence-corrected chi connectivity index (χ4v) is 3.83. The Morgan fingerprint density at radius 2 is 2.16 bits per heavy atom. The standard InChI is InChI=1S/C17H15N3O4S/c1-17(2)7-11-12(8-18)16(25-14(11)9-24-17)19-15(21)10-5-3-4-6-13(10)20(22)23/h3-6H,7,9H2,1-2H3,(H,19,21). The van der Waals surface area contributed by atoms with Crippen LogP contribution in [0, 0.1) is 21.4 Å². The Morgan fingerprint density at radius 3 is 2.84 bits per heavy atom. The molecule has 128 valence electrons. The Hall–Kier alpha value is -2.76. The van der Waals surface area contributed by atoms with Crippen LogP contribution in [0.5, 0.6) is 0 Å². The van der Waals surface area contributed by atoms with E-state index in [-0.39, 0.29) is 16.9 Å². The van der Waals surface area contributed by atoms with Gasteiger partial charge in [0.15, 0.2) is 0 Å². The van der Waals surface area contributed by atoms with Crippen LogP contribution in [0.2, 0.25) is 0 Å². The molecule has 1 aliphatic heterocycles. The number of ether oxygens (including phenoxy) is 1. The van der Waals surface area contributed by atoms with Crippen molar-refractivity contribution in [3.8, 4) is 6.07 Å². The van der Waals surface area contributed by atoms with Crippen LogP contribution in [-0.4, -0.2) is 16.4 Å². The molecule has 1 aromatic heterocycles. The van der Waals surface area contributed by atoms with E-state index in [1.807, 2.05) is 13.8 Å². The summed E-state index contributed by atoms with van der Waals surface area (Å²) in [5.74, 6) is -0.609. The molecule has 1 aliphatic rings. The monoisotopic (exact) mass is 357 g/mol. The highest BCUT2D eigenvalue weighted by molar-refractivity contribution is 7.16. The van der Waals surface area contributed by atoms with Crippen molar-refractivity contribution in [3.63, 3.8) is 0 Å². The lowest BCUT2D eigenvalue weighted by atomic mass is 9.93. The lowest BCUT2D eigenvalue weighted by Crippen LogP contribution is -2.31. The van der Waals surface area contributed by atoms with E-state index in [1.54, 1.807) is 6.07 Å². The van der Waals surface area contributed by atoms with Gasteiger partial charge < -0.3 is 10.1 Å². The van der Waals surface area contributed by atoms with E-state index in [0.29, 0.717) is 23.6 Å². The predicted molar refractivity (Wildman–Crippen MR) is 92.7 cm³/mol. The number of carbonyl (C=O) groups is 1. The summed E-state index contributed by atoms with van der Waals surface area (Å²) in [6, 6.07) is 7.86. The molecule has 0 saturated carbocycles. The molecule has 25 heavy (non-hydrogen) atoms. The van der Waals surface area contributed by atoms with Gasteiger partial charge in [0.1, 0.15) is 16.6 Å². The normalized spacial score (nSPS) is 15.1. The fourth-order valence-electron chi connectivity index (χ4n) is 2.76. The Kier molecular flexibility index (Phi) is 4.29. The molecule has 0 fully saturated rings. The highest BCUT2D eigenvalue weighted by Crippen LogP contribution is 2.40. The van der Waals surface area contributed by atoms with Gasteiger partial charge in [-0.2, -0.15) is 5.26 Å². The largest absolute Gasteiger partial charge is 0.370 e. The van der Waals surface area contributed by atoms with Crippen LogP contribution in [0.4, 0.5) is 10.7 Å². The highest BCUT2D eigenvalue weighted by Gasteiger charge is 2.32. The maximum atomic E-state index is 12.5. The number of nitriles is 1. The third kappa shape index (κ3) is 3.24. The molecule has 2 aromatic rings. The lowest BCUT2D eigenvalue weighted by Gasteiger charge is -2.29. The minimum atomic E-state index is -0.609. The summed E-state index contributed by atoms with van der Waals surface area (Å²) in [7, 11) is 0. The van der Waals surface area contributed by atoms with E-state index in [1.165, 1.54) is 29.5 Å². The van der Waals surface area contributed by atoms with Crippen molar-refractivity contribution in [2.24, 2.45) is 0 Å². The topological polar surface area (TPSA) is 105 Å². The van der Waals surface area contributed by atoms with Crippen molar-refractivity contribution >= 4 is 27.9 Å². The first kappa shape index (κ1) is 17.1. The number of amides is 1. The van der Waals surface area contributed by atoms with Crippen molar-refractivity contribution in [3.05, 3.63) is 55.9 Å². The Balaban J connectivity index is 1.95. The van der Waals surface area contributed by atoms with Gasteiger partial charge in [0.2, 0.25) is 0 Å². The number of nitrogens with zero attached hydrogens (tertiary/aromatic N) is 2. The van der Waals surface area contributed by atoms with Gasteiger partial charge >= 0.3 is 0 Å². The summed E-state index contributed by atoms with van der Waals surface area (Å²) in [5.41, 5.74) is 0.590. The smallest absolute Gasteiger partial charge is 0.282 e. The maximum Gasteiger partial charge on any atom is 0.282 e. The molecule has 0 radical (unpaired) electrons. The minimum absolute atomic E-state index is 0.0423. The molecule has 0 unspecified atom stereocenters. The van der Waals surface area contributed by atoms with E-state index in [2.05, 4.69) is 11.4 Å². The molecule has 1 amide bonds. The molecule has 0 saturated heterocycles. The second kappa shape index (κ2) is 6.27. The summed E-state index contributed by atoms with van der Waals surface area (Å²) in [4.78, 5) is 23.9. The Bertz CT molecular complexity index is 911. The zero-order valence-corrected chi connectivity index (χ0v) is 14.5. The first-order chi connectivity index (χ1) is 11.8. The molecule has 2 heterocycles. The van der Waals surface area contributed by atoms with Crippen molar-refractivity contribution in [1.82, 2.24) is 0 Å². The molecule has 0 aliphatic carbocycles. The third-order valence-corrected chi connectivity index (χ3v) is 5.09. The SMILES string of the molecule is CC1(C)Cc2c(sc(NC(=O)c3ccccc3[N+](=O)[O-])c2C#N)CO1. The van der Waals surface area contributed by atoms with E-state index >= 15 is 0 Å². The number of nitro benzene ring substituents is 1. The molecule has 3 rings (SSSR count). The molecule has 7 nitrogen and oxygen atoms in total. The van der Waals surface area contributed by atoms with Crippen molar-refractivity contribution < 1.29 is 14.5 Å². The predicted octanol–water partition coefficient (Wildman–Crippen LogP) is 3.63. The first-order valence-corrected chi connectivity index (χ1v) is 8.37. The van der Waals surface area contributed by atoms with Gasteiger partial charge in [-0.3, -0.25) is 14.9 Å². The van der Waals surface area contributed by atoms with Crippen molar-refractivity contribution in [1.29, 1.82) is 5.26 Å². The number of carbonyl (C=O) groups excluding carboxylic acids is 1.